The summed E-state index contributed by atoms with van der Waals surface area (Å²) in [5.41, 5.74) is 0.704. The molecule has 1 aromatic carbocycles. The third kappa shape index (κ3) is 3.79. The molecular formula is C13H13ClN4O3. The van der Waals surface area contributed by atoms with Gasteiger partial charge >= 0.3 is 0 Å². The SMILES string of the molecule is Cc1ccc(C(=O)NCCn2cc(Cl)cn2)cc1[N+](=O)[O-]. The van der Waals surface area contributed by atoms with Crippen molar-refractivity contribution in [3.8, 4) is 0 Å². The van der Waals surface area contributed by atoms with Crippen LogP contribution in [0.25, 0.3) is 0 Å². The van der Waals surface area contributed by atoms with Crippen molar-refractivity contribution >= 4 is 23.2 Å². The number of hydrogen-bond donors (Lipinski definition) is 1. The van der Waals surface area contributed by atoms with E-state index in [4.69, 9.17) is 11.6 Å². The molecular weight excluding hydrogens is 296 g/mol. The van der Waals surface area contributed by atoms with Gasteiger partial charge in [-0.1, -0.05) is 17.7 Å². The molecule has 0 aliphatic carbocycles. The van der Waals surface area contributed by atoms with E-state index in [9.17, 15) is 14.9 Å². The number of nitrogens with one attached hydrogen (secondary N) is 1. The van der Waals surface area contributed by atoms with Crippen molar-refractivity contribution in [3.05, 3.63) is 56.9 Å². The minimum Gasteiger partial charge on any atom is -0.350 e. The van der Waals surface area contributed by atoms with Gasteiger partial charge in [-0.2, -0.15) is 5.10 Å². The Labute approximate surface area is 125 Å². The molecule has 0 saturated carbocycles. The Balaban J connectivity index is 1.97. The highest BCUT2D eigenvalue weighted by molar-refractivity contribution is 6.30. The Kier molecular flexibility index (Phi) is 4.54. The van der Waals surface area contributed by atoms with Crippen molar-refractivity contribution in [1.29, 1.82) is 0 Å². The Hall–Kier alpha value is -2.41. The van der Waals surface area contributed by atoms with Crippen LogP contribution < -0.4 is 5.32 Å². The molecule has 2 aromatic rings. The zero-order chi connectivity index (χ0) is 15.4. The van der Waals surface area contributed by atoms with Crippen molar-refractivity contribution < 1.29 is 9.72 Å². The molecule has 21 heavy (non-hydrogen) atoms. The lowest BCUT2D eigenvalue weighted by atomic mass is 10.1. The summed E-state index contributed by atoms with van der Waals surface area (Å²) >= 11 is 5.73. The number of carbonyl (C=O) groups excluding carboxylic acids is 1. The number of nitro groups is 1. The number of nitro benzene ring substituents is 1. The molecule has 0 fully saturated rings. The van der Waals surface area contributed by atoms with Crippen molar-refractivity contribution in [2.45, 2.75) is 13.5 Å². The Bertz CT molecular complexity index is 684. The molecule has 110 valence electrons. The molecule has 8 heteroatoms. The van der Waals surface area contributed by atoms with E-state index in [1.165, 1.54) is 12.3 Å². The first-order valence-corrected chi connectivity index (χ1v) is 6.56. The highest BCUT2D eigenvalue weighted by atomic mass is 35.5. The van der Waals surface area contributed by atoms with Crippen LogP contribution in [0.15, 0.2) is 30.6 Å². The Morgan fingerprint density at radius 3 is 2.90 bits per heavy atom. The molecule has 1 heterocycles. The van der Waals surface area contributed by atoms with Gasteiger partial charge in [0.15, 0.2) is 0 Å². The van der Waals surface area contributed by atoms with Gasteiger partial charge in [0.1, 0.15) is 0 Å². The van der Waals surface area contributed by atoms with Gasteiger partial charge in [0.25, 0.3) is 11.6 Å². The molecule has 0 unspecified atom stereocenters. The van der Waals surface area contributed by atoms with Gasteiger partial charge in [-0.05, 0) is 13.0 Å². The third-order valence-corrected chi connectivity index (χ3v) is 3.09. The zero-order valence-electron chi connectivity index (χ0n) is 11.2. The predicted molar refractivity (Wildman–Crippen MR) is 77.4 cm³/mol. The van der Waals surface area contributed by atoms with E-state index in [0.29, 0.717) is 23.7 Å². The largest absolute Gasteiger partial charge is 0.350 e. The number of halogens is 1. The maximum atomic E-state index is 11.9. The summed E-state index contributed by atoms with van der Waals surface area (Å²) in [4.78, 5) is 22.3. The van der Waals surface area contributed by atoms with Crippen LogP contribution in [-0.2, 0) is 6.54 Å². The van der Waals surface area contributed by atoms with Crippen LogP contribution >= 0.6 is 11.6 Å². The van der Waals surface area contributed by atoms with Crippen LogP contribution in [0.1, 0.15) is 15.9 Å². The molecule has 1 N–H and O–H groups in total. The van der Waals surface area contributed by atoms with Crippen LogP contribution in [-0.4, -0.2) is 27.2 Å². The zero-order valence-corrected chi connectivity index (χ0v) is 12.0. The number of aromatic nitrogens is 2. The summed E-state index contributed by atoms with van der Waals surface area (Å²) in [5, 5.41) is 18.0. The summed E-state index contributed by atoms with van der Waals surface area (Å²) in [5.74, 6) is -0.364. The lowest BCUT2D eigenvalue weighted by molar-refractivity contribution is -0.385. The highest BCUT2D eigenvalue weighted by Gasteiger charge is 2.14. The van der Waals surface area contributed by atoms with Crippen LogP contribution in [0.3, 0.4) is 0 Å². The van der Waals surface area contributed by atoms with Crippen molar-refractivity contribution in [3.63, 3.8) is 0 Å². The number of aryl methyl sites for hydroxylation is 1. The number of amides is 1. The average molecular weight is 309 g/mol. The van der Waals surface area contributed by atoms with Crippen LogP contribution in [0, 0.1) is 17.0 Å². The summed E-state index contributed by atoms with van der Waals surface area (Å²) < 4.78 is 1.60. The Morgan fingerprint density at radius 2 is 2.29 bits per heavy atom. The summed E-state index contributed by atoms with van der Waals surface area (Å²) in [6.07, 6.45) is 3.15. The minimum atomic E-state index is -0.502. The summed E-state index contributed by atoms with van der Waals surface area (Å²) in [6, 6.07) is 4.39. The fourth-order valence-corrected chi connectivity index (χ4v) is 1.95. The van der Waals surface area contributed by atoms with E-state index in [1.54, 1.807) is 29.9 Å². The molecule has 1 amide bonds. The first-order chi connectivity index (χ1) is 9.97. The second kappa shape index (κ2) is 6.36. The highest BCUT2D eigenvalue weighted by Crippen LogP contribution is 2.19. The monoisotopic (exact) mass is 308 g/mol. The van der Waals surface area contributed by atoms with Crippen LogP contribution in [0.4, 0.5) is 5.69 Å². The van der Waals surface area contributed by atoms with Gasteiger partial charge in [0.05, 0.1) is 22.7 Å². The lowest BCUT2D eigenvalue weighted by Crippen LogP contribution is -2.27. The standard InChI is InChI=1S/C13H13ClN4O3/c1-9-2-3-10(6-12(9)18(20)21)13(19)15-4-5-17-8-11(14)7-16-17/h2-3,6-8H,4-5H2,1H3,(H,15,19). The first kappa shape index (κ1) is 15.0. The second-order valence-electron chi connectivity index (χ2n) is 4.44. The molecule has 0 atom stereocenters. The molecule has 2 rings (SSSR count). The fourth-order valence-electron chi connectivity index (χ4n) is 1.79. The molecule has 1 aromatic heterocycles. The van der Waals surface area contributed by atoms with Crippen LogP contribution in [0.2, 0.25) is 5.02 Å². The van der Waals surface area contributed by atoms with Crippen molar-refractivity contribution in [2.75, 3.05) is 6.54 Å². The maximum Gasteiger partial charge on any atom is 0.273 e. The molecule has 0 aliphatic heterocycles. The van der Waals surface area contributed by atoms with E-state index in [0.717, 1.165) is 0 Å². The number of benzene rings is 1. The third-order valence-electron chi connectivity index (χ3n) is 2.90. The van der Waals surface area contributed by atoms with E-state index in [2.05, 4.69) is 10.4 Å². The number of carbonyl (C=O) groups is 1. The van der Waals surface area contributed by atoms with Crippen molar-refractivity contribution in [2.24, 2.45) is 0 Å². The summed E-state index contributed by atoms with van der Waals surface area (Å²) in [7, 11) is 0. The van der Waals surface area contributed by atoms with E-state index in [-0.39, 0.29) is 17.2 Å². The topological polar surface area (TPSA) is 90.1 Å². The average Bonchev–Trinajstić information content (AvgIpc) is 2.84. The fraction of sp³-hybridized carbons (Fsp3) is 0.231. The number of rotatable bonds is 5. The van der Waals surface area contributed by atoms with Crippen LogP contribution in [0.5, 0.6) is 0 Å². The predicted octanol–water partition coefficient (Wildman–Crippen LogP) is 2.18. The van der Waals surface area contributed by atoms with Gasteiger partial charge in [0, 0.05) is 29.9 Å². The second-order valence-corrected chi connectivity index (χ2v) is 4.87. The minimum absolute atomic E-state index is 0.0680. The first-order valence-electron chi connectivity index (χ1n) is 6.18. The molecule has 0 spiro atoms. The molecule has 0 radical (unpaired) electrons. The van der Waals surface area contributed by atoms with Gasteiger partial charge in [-0.15, -0.1) is 0 Å². The maximum absolute atomic E-state index is 11.9. The van der Waals surface area contributed by atoms with Gasteiger partial charge in [0.2, 0.25) is 0 Å². The number of hydrogen-bond acceptors (Lipinski definition) is 4. The molecule has 7 nitrogen and oxygen atoms in total. The number of nitrogens with zero attached hydrogens (tertiary/aromatic N) is 3. The normalized spacial score (nSPS) is 10.4. The molecule has 0 aliphatic rings. The molecule has 0 saturated heterocycles. The molecule has 0 bridgehead atoms. The summed E-state index contributed by atoms with van der Waals surface area (Å²) in [6.45, 7) is 2.44. The van der Waals surface area contributed by atoms with Gasteiger partial charge in [-0.25, -0.2) is 0 Å². The van der Waals surface area contributed by atoms with E-state index in [1.807, 2.05) is 0 Å². The quantitative estimate of drug-likeness (QED) is 0.677. The van der Waals surface area contributed by atoms with E-state index >= 15 is 0 Å². The van der Waals surface area contributed by atoms with Crippen molar-refractivity contribution in [1.82, 2.24) is 15.1 Å². The van der Waals surface area contributed by atoms with E-state index < -0.39 is 4.92 Å². The smallest absolute Gasteiger partial charge is 0.273 e. The Morgan fingerprint density at radius 1 is 1.52 bits per heavy atom. The van der Waals surface area contributed by atoms with Gasteiger partial charge < -0.3 is 5.32 Å². The van der Waals surface area contributed by atoms with Gasteiger partial charge in [-0.3, -0.25) is 19.6 Å². The lowest BCUT2D eigenvalue weighted by Gasteiger charge is -2.06.